The van der Waals surface area contributed by atoms with Crippen LogP contribution in [-0.2, 0) is 48.7 Å². The molecular weight excluding hydrogens is 863 g/mol. The van der Waals surface area contributed by atoms with Crippen molar-refractivity contribution < 1.29 is 46.8 Å². The fourth-order valence-corrected chi connectivity index (χ4v) is 8.28. The van der Waals surface area contributed by atoms with Gasteiger partial charge >= 0.3 is 5.00 Å². The van der Waals surface area contributed by atoms with Crippen LogP contribution in [0.15, 0.2) is 78.0 Å². The van der Waals surface area contributed by atoms with Gasteiger partial charge in [-0.25, -0.2) is 18.4 Å². The number of rotatable bonds is 19. The Morgan fingerprint density at radius 1 is 1.08 bits per heavy atom. The third kappa shape index (κ3) is 10.4. The first-order valence-electron chi connectivity index (χ1n) is 19.1. The standard InChI is InChI=1S/C39H37N11O11S2/c1-60-37-35(46-63(58,59)27-11-7-23(8-12-27)42-31(51)14-9-26-10-16-33(62-26)50(56)57)41-20-24(43-37)4-3-18-48-21-25(45-47-48)22-61-19-17-40-29-6-2-5-28-34(29)39(55)49(38(28)54)30-13-15-32(52)44-36(30)53/h2,5-12,14,16,20-21,30,40H,3-4,13,15,17-19,22H2,1H3,(H,41,46)(H,42,51)(H,44,52,53)/b14-9+. The number of nitrogens with zero attached hydrogens (tertiary/aromatic N) is 7. The molecule has 0 aliphatic carbocycles. The molecule has 7 rings (SSSR count). The van der Waals surface area contributed by atoms with Crippen LogP contribution in [0.4, 0.5) is 22.2 Å². The summed E-state index contributed by atoms with van der Waals surface area (Å²) in [7, 11) is -2.80. The first-order valence-corrected chi connectivity index (χ1v) is 21.4. The van der Waals surface area contributed by atoms with E-state index < -0.39 is 50.5 Å². The third-order valence-electron chi connectivity index (χ3n) is 9.52. The molecule has 1 saturated heterocycles. The van der Waals surface area contributed by atoms with E-state index in [9.17, 15) is 42.5 Å². The molecule has 5 amide bonds. The quantitative estimate of drug-likeness (QED) is 0.0304. The molecule has 24 heteroatoms. The molecule has 326 valence electrons. The summed E-state index contributed by atoms with van der Waals surface area (Å²) in [4.78, 5) is 83.0. The van der Waals surface area contributed by atoms with Crippen molar-refractivity contribution in [1.82, 2.24) is 35.2 Å². The van der Waals surface area contributed by atoms with Crippen LogP contribution in [0.25, 0.3) is 6.08 Å². The summed E-state index contributed by atoms with van der Waals surface area (Å²) in [6, 6.07) is 12.0. The number of carbonyl (C=O) groups excluding carboxylic acids is 5. The maximum atomic E-state index is 13.3. The van der Waals surface area contributed by atoms with Crippen LogP contribution in [0.1, 0.15) is 56.2 Å². The third-order valence-corrected chi connectivity index (χ3v) is 11.9. The first-order chi connectivity index (χ1) is 30.3. The molecule has 0 spiro atoms. The highest BCUT2D eigenvalue weighted by Crippen LogP contribution is 2.32. The van der Waals surface area contributed by atoms with Gasteiger partial charge in [0.05, 0.1) is 59.4 Å². The second-order valence-corrected chi connectivity index (χ2v) is 16.6. The van der Waals surface area contributed by atoms with Crippen LogP contribution >= 0.6 is 11.3 Å². The average molecular weight is 900 g/mol. The van der Waals surface area contributed by atoms with Gasteiger partial charge in [-0.3, -0.25) is 53.7 Å². The Balaban J connectivity index is 0.837. The maximum Gasteiger partial charge on any atom is 0.324 e. The lowest BCUT2D eigenvalue weighted by atomic mass is 10.0. The SMILES string of the molecule is COc1nc(CCCn2cc(COCCNc3cccc4c3C(=O)N(C3CCC(=O)NC3=O)C4=O)nn2)cnc1NS(=O)(=O)c1ccc(NC(=O)/C=C/c2ccc([N+](=O)[O-])s2)cc1. The lowest BCUT2D eigenvalue weighted by Gasteiger charge is -2.27. The molecule has 2 aromatic carbocycles. The van der Waals surface area contributed by atoms with E-state index in [4.69, 9.17) is 9.47 Å². The number of aryl methyl sites for hydroxylation is 2. The Kier molecular flexibility index (Phi) is 13.2. The maximum absolute atomic E-state index is 13.3. The number of nitro groups is 1. The summed E-state index contributed by atoms with van der Waals surface area (Å²) in [6.45, 7) is 1.14. The van der Waals surface area contributed by atoms with Gasteiger partial charge in [-0.2, -0.15) is 0 Å². The van der Waals surface area contributed by atoms with Crippen molar-refractivity contribution in [2.45, 2.75) is 49.8 Å². The number of fused-ring (bicyclic) bond motifs is 1. The molecule has 5 heterocycles. The number of hydrogen-bond donors (Lipinski definition) is 4. The fraction of sp³-hybridized carbons (Fsp3) is 0.256. The Morgan fingerprint density at radius 2 is 1.89 bits per heavy atom. The molecular formula is C39H37N11O11S2. The normalized spacial score (nSPS) is 15.1. The molecule has 0 saturated carbocycles. The zero-order valence-electron chi connectivity index (χ0n) is 33.2. The molecule has 5 aromatic rings. The topological polar surface area (TPSA) is 289 Å². The molecule has 1 fully saturated rings. The molecule has 3 aromatic heterocycles. The summed E-state index contributed by atoms with van der Waals surface area (Å²) in [5.74, 6) is -3.00. The number of imide groups is 2. The van der Waals surface area contributed by atoms with Crippen molar-refractivity contribution in [1.29, 1.82) is 0 Å². The van der Waals surface area contributed by atoms with Crippen molar-refractivity contribution in [3.05, 3.63) is 111 Å². The highest BCUT2D eigenvalue weighted by molar-refractivity contribution is 7.92. The minimum Gasteiger partial charge on any atom is -0.478 e. The summed E-state index contributed by atoms with van der Waals surface area (Å²) in [5.41, 5.74) is 2.18. The number of piperidine rings is 1. The van der Waals surface area contributed by atoms with E-state index in [0.29, 0.717) is 53.6 Å². The number of anilines is 3. The van der Waals surface area contributed by atoms with Crippen LogP contribution < -0.4 is 25.4 Å². The largest absolute Gasteiger partial charge is 0.478 e. The van der Waals surface area contributed by atoms with Crippen molar-refractivity contribution >= 4 is 79.2 Å². The smallest absolute Gasteiger partial charge is 0.324 e. The molecule has 0 radical (unpaired) electrons. The van der Waals surface area contributed by atoms with E-state index in [2.05, 4.69) is 41.0 Å². The Morgan fingerprint density at radius 3 is 2.63 bits per heavy atom. The van der Waals surface area contributed by atoms with E-state index in [1.807, 2.05) is 0 Å². The summed E-state index contributed by atoms with van der Waals surface area (Å²) in [5, 5.41) is 27.0. The highest BCUT2D eigenvalue weighted by Gasteiger charge is 2.45. The monoisotopic (exact) mass is 899 g/mol. The van der Waals surface area contributed by atoms with Crippen LogP contribution in [-0.4, -0.2) is 99.0 Å². The predicted octanol–water partition coefficient (Wildman–Crippen LogP) is 3.16. The number of methoxy groups -OCH3 is 1. The van der Waals surface area contributed by atoms with Crippen molar-refractivity contribution in [3.63, 3.8) is 0 Å². The molecule has 2 aliphatic heterocycles. The van der Waals surface area contributed by atoms with Crippen LogP contribution in [0, 0.1) is 10.1 Å². The molecule has 1 atom stereocenters. The van der Waals surface area contributed by atoms with E-state index in [0.717, 1.165) is 16.2 Å². The number of aromatic nitrogens is 5. The molecule has 22 nitrogen and oxygen atoms in total. The van der Waals surface area contributed by atoms with Crippen molar-refractivity contribution in [2.24, 2.45) is 0 Å². The van der Waals surface area contributed by atoms with Gasteiger partial charge in [-0.05, 0) is 67.8 Å². The summed E-state index contributed by atoms with van der Waals surface area (Å²) in [6.07, 6.45) is 6.93. The Labute approximate surface area is 361 Å². The van der Waals surface area contributed by atoms with Gasteiger partial charge in [0, 0.05) is 47.9 Å². The van der Waals surface area contributed by atoms with Gasteiger partial charge in [-0.1, -0.05) is 22.6 Å². The van der Waals surface area contributed by atoms with E-state index >= 15 is 0 Å². The van der Waals surface area contributed by atoms with Gasteiger partial charge in [0.1, 0.15) is 11.7 Å². The zero-order valence-corrected chi connectivity index (χ0v) is 34.8. The Hall–Kier alpha value is -7.44. The van der Waals surface area contributed by atoms with Crippen molar-refractivity contribution in [3.8, 4) is 5.88 Å². The summed E-state index contributed by atoms with van der Waals surface area (Å²) < 4.78 is 41.4. The number of nitrogens with one attached hydrogen (secondary N) is 4. The van der Waals surface area contributed by atoms with E-state index in [1.54, 1.807) is 23.0 Å². The molecule has 0 bridgehead atoms. The second-order valence-electron chi connectivity index (χ2n) is 13.8. The number of sulfonamides is 1. The minimum atomic E-state index is -4.13. The summed E-state index contributed by atoms with van der Waals surface area (Å²) >= 11 is 0.918. The number of carbonyl (C=O) groups is 5. The van der Waals surface area contributed by atoms with Crippen molar-refractivity contribution in [2.75, 3.05) is 35.6 Å². The van der Waals surface area contributed by atoms with Gasteiger partial charge in [0.15, 0.2) is 0 Å². The zero-order chi connectivity index (χ0) is 44.7. The van der Waals surface area contributed by atoms with Crippen LogP contribution in [0.2, 0.25) is 0 Å². The fourth-order valence-electron chi connectivity index (χ4n) is 6.55. The Bertz CT molecular complexity index is 2740. The van der Waals surface area contributed by atoms with Gasteiger partial charge in [-0.15, -0.1) is 5.10 Å². The van der Waals surface area contributed by atoms with E-state index in [1.165, 1.54) is 67.9 Å². The number of ether oxygens (including phenoxy) is 2. The molecule has 4 N–H and O–H groups in total. The number of benzene rings is 2. The number of thiophene rings is 1. The predicted molar refractivity (Wildman–Crippen MR) is 224 cm³/mol. The second kappa shape index (κ2) is 19.1. The van der Waals surface area contributed by atoms with E-state index in [-0.39, 0.29) is 58.8 Å². The minimum absolute atomic E-state index is 0.0289. The van der Waals surface area contributed by atoms with Gasteiger partial charge in [0.25, 0.3) is 27.7 Å². The van der Waals surface area contributed by atoms with Crippen LogP contribution in [0.3, 0.4) is 0 Å². The number of amides is 5. The molecule has 2 aliphatic rings. The average Bonchev–Trinajstić information content (AvgIpc) is 3.99. The van der Waals surface area contributed by atoms with Crippen LogP contribution in [0.5, 0.6) is 5.88 Å². The molecule has 1 unspecified atom stereocenters. The first kappa shape index (κ1) is 43.6. The lowest BCUT2D eigenvalue weighted by molar-refractivity contribution is -0.380. The molecule has 63 heavy (non-hydrogen) atoms. The lowest BCUT2D eigenvalue weighted by Crippen LogP contribution is -2.54. The number of hydrogen-bond acceptors (Lipinski definition) is 17. The van der Waals surface area contributed by atoms with Gasteiger partial charge in [0.2, 0.25) is 23.5 Å². The van der Waals surface area contributed by atoms with Gasteiger partial charge < -0.3 is 20.1 Å². The highest BCUT2D eigenvalue weighted by atomic mass is 32.2.